The van der Waals surface area contributed by atoms with Gasteiger partial charge in [0.15, 0.2) is 0 Å². The Bertz CT molecular complexity index is 176. The van der Waals surface area contributed by atoms with E-state index >= 15 is 0 Å². The molecule has 0 aliphatic rings. The first-order chi connectivity index (χ1) is 5.62. The third-order valence-electron chi connectivity index (χ3n) is 2.19. The zero-order valence-electron chi connectivity index (χ0n) is 7.25. The van der Waals surface area contributed by atoms with Crippen molar-refractivity contribution in [2.24, 2.45) is 5.41 Å². The Morgan fingerprint density at radius 1 is 1.08 bits per heavy atom. The summed E-state index contributed by atoms with van der Waals surface area (Å²) < 4.78 is 62.1. The van der Waals surface area contributed by atoms with Gasteiger partial charge in [0.1, 0.15) is 5.41 Å². The topological polar surface area (TPSA) is 20.2 Å². The molecule has 1 unspecified atom stereocenters. The number of aliphatic hydroxyl groups excluding tert-OH is 1. The molecule has 13 heavy (non-hydrogen) atoms. The molecule has 0 amide bonds. The average molecular weight is 206 g/mol. The molecule has 0 aromatic carbocycles. The fourth-order valence-electron chi connectivity index (χ4n) is 0.803. The molecule has 80 valence electrons. The first-order valence-corrected chi connectivity index (χ1v) is 3.68. The molecule has 0 bridgehead atoms. The Balaban J connectivity index is 5.06. The van der Waals surface area contributed by atoms with Gasteiger partial charge in [-0.2, -0.15) is 13.2 Å². The lowest BCUT2D eigenvalue weighted by atomic mass is 9.82. The maximum Gasteiger partial charge on any atom is 0.402 e. The molecule has 0 heterocycles. The number of alkyl halides is 5. The van der Waals surface area contributed by atoms with Crippen LogP contribution in [-0.4, -0.2) is 23.8 Å². The predicted octanol–water partition coefficient (Wildman–Crippen LogP) is 2.59. The van der Waals surface area contributed by atoms with E-state index in [-0.39, 0.29) is 0 Å². The van der Waals surface area contributed by atoms with E-state index in [9.17, 15) is 22.0 Å². The molecule has 1 atom stereocenters. The van der Waals surface area contributed by atoms with Crippen LogP contribution in [0.2, 0.25) is 0 Å². The van der Waals surface area contributed by atoms with Gasteiger partial charge in [0.05, 0.1) is 6.61 Å². The van der Waals surface area contributed by atoms with Crippen molar-refractivity contribution in [3.8, 4) is 0 Å². The van der Waals surface area contributed by atoms with Crippen LogP contribution in [0.4, 0.5) is 22.0 Å². The van der Waals surface area contributed by atoms with Crippen LogP contribution < -0.4 is 0 Å². The van der Waals surface area contributed by atoms with Crippen LogP contribution >= 0.6 is 0 Å². The van der Waals surface area contributed by atoms with Crippen LogP contribution in [0, 0.1) is 5.41 Å². The smallest absolute Gasteiger partial charge is 0.395 e. The van der Waals surface area contributed by atoms with Crippen LogP contribution in [0.5, 0.6) is 0 Å². The van der Waals surface area contributed by atoms with Crippen molar-refractivity contribution in [2.45, 2.75) is 32.4 Å². The van der Waals surface area contributed by atoms with Gasteiger partial charge in [-0.3, -0.25) is 0 Å². The highest BCUT2D eigenvalue weighted by Crippen LogP contribution is 2.50. The predicted molar refractivity (Wildman–Crippen MR) is 36.5 cm³/mol. The lowest BCUT2D eigenvalue weighted by molar-refractivity contribution is -0.303. The van der Waals surface area contributed by atoms with Crippen LogP contribution in [0.1, 0.15) is 20.3 Å². The van der Waals surface area contributed by atoms with Crippen molar-refractivity contribution < 1.29 is 27.1 Å². The van der Waals surface area contributed by atoms with Gasteiger partial charge in [-0.25, -0.2) is 8.78 Å². The first-order valence-electron chi connectivity index (χ1n) is 3.68. The first kappa shape index (κ1) is 12.6. The van der Waals surface area contributed by atoms with Gasteiger partial charge < -0.3 is 5.11 Å². The SMILES string of the molecule is CCC(F)(F)C(C)(CO)C(F)(F)F. The molecule has 0 saturated heterocycles. The van der Waals surface area contributed by atoms with Crippen molar-refractivity contribution in [3.05, 3.63) is 0 Å². The molecule has 0 aromatic rings. The van der Waals surface area contributed by atoms with Crippen LogP contribution in [0.15, 0.2) is 0 Å². The molecule has 0 saturated carbocycles. The minimum atomic E-state index is -5.11. The summed E-state index contributed by atoms with van der Waals surface area (Å²) >= 11 is 0. The summed E-state index contributed by atoms with van der Waals surface area (Å²) in [5.41, 5.74) is -3.35. The molecular formula is C7H11F5O. The van der Waals surface area contributed by atoms with E-state index in [1.54, 1.807) is 0 Å². The summed E-state index contributed by atoms with van der Waals surface area (Å²) in [4.78, 5) is 0. The van der Waals surface area contributed by atoms with Crippen molar-refractivity contribution in [3.63, 3.8) is 0 Å². The van der Waals surface area contributed by atoms with Crippen molar-refractivity contribution >= 4 is 0 Å². The second-order valence-corrected chi connectivity index (χ2v) is 3.05. The van der Waals surface area contributed by atoms with E-state index in [4.69, 9.17) is 5.11 Å². The summed E-state index contributed by atoms with van der Waals surface area (Å²) in [7, 11) is 0. The quantitative estimate of drug-likeness (QED) is 0.703. The lowest BCUT2D eigenvalue weighted by Crippen LogP contribution is -2.52. The number of hydrogen-bond donors (Lipinski definition) is 1. The van der Waals surface area contributed by atoms with E-state index in [2.05, 4.69) is 0 Å². The van der Waals surface area contributed by atoms with Crippen LogP contribution in [-0.2, 0) is 0 Å². The Hall–Kier alpha value is -0.390. The summed E-state index contributed by atoms with van der Waals surface area (Å²) in [5, 5.41) is 8.39. The second kappa shape index (κ2) is 3.40. The van der Waals surface area contributed by atoms with E-state index in [0.717, 1.165) is 6.92 Å². The number of halogens is 5. The second-order valence-electron chi connectivity index (χ2n) is 3.05. The van der Waals surface area contributed by atoms with Crippen LogP contribution in [0.3, 0.4) is 0 Å². The van der Waals surface area contributed by atoms with Crippen molar-refractivity contribution in [1.82, 2.24) is 0 Å². The summed E-state index contributed by atoms with van der Waals surface area (Å²) in [6.07, 6.45) is -6.06. The number of hydrogen-bond acceptors (Lipinski definition) is 1. The van der Waals surface area contributed by atoms with Gasteiger partial charge in [-0.05, 0) is 6.92 Å². The van der Waals surface area contributed by atoms with E-state index in [1.165, 1.54) is 0 Å². The monoisotopic (exact) mass is 206 g/mol. The Morgan fingerprint density at radius 2 is 1.46 bits per heavy atom. The maximum atomic E-state index is 12.8. The summed E-state index contributed by atoms with van der Waals surface area (Å²) in [5.74, 6) is -3.94. The molecule has 0 aliphatic carbocycles. The molecule has 1 nitrogen and oxygen atoms in total. The summed E-state index contributed by atoms with van der Waals surface area (Å²) in [6, 6.07) is 0. The van der Waals surface area contributed by atoms with Crippen LogP contribution in [0.25, 0.3) is 0 Å². The zero-order valence-corrected chi connectivity index (χ0v) is 7.25. The minimum absolute atomic E-state index is 0.316. The van der Waals surface area contributed by atoms with Gasteiger partial charge in [-0.15, -0.1) is 0 Å². The molecule has 6 heteroatoms. The molecule has 0 aliphatic heterocycles. The van der Waals surface area contributed by atoms with Gasteiger partial charge in [0.25, 0.3) is 5.92 Å². The zero-order chi connectivity index (χ0) is 10.9. The minimum Gasteiger partial charge on any atom is -0.395 e. The maximum absolute atomic E-state index is 12.8. The fourth-order valence-corrected chi connectivity index (χ4v) is 0.803. The van der Waals surface area contributed by atoms with Gasteiger partial charge in [-0.1, -0.05) is 6.92 Å². The van der Waals surface area contributed by atoms with E-state index in [0.29, 0.717) is 6.92 Å². The lowest BCUT2D eigenvalue weighted by Gasteiger charge is -2.36. The van der Waals surface area contributed by atoms with Crippen molar-refractivity contribution in [1.29, 1.82) is 0 Å². The van der Waals surface area contributed by atoms with Gasteiger partial charge in [0.2, 0.25) is 0 Å². The molecule has 1 N–H and O–H groups in total. The third kappa shape index (κ3) is 1.92. The normalized spacial score (nSPS) is 18.5. The third-order valence-corrected chi connectivity index (χ3v) is 2.19. The van der Waals surface area contributed by atoms with E-state index in [1.807, 2.05) is 0 Å². The Morgan fingerprint density at radius 3 is 1.54 bits per heavy atom. The molecule has 0 rings (SSSR count). The van der Waals surface area contributed by atoms with Crippen molar-refractivity contribution in [2.75, 3.05) is 6.61 Å². The molecule has 0 radical (unpaired) electrons. The van der Waals surface area contributed by atoms with E-state index < -0.39 is 30.5 Å². The molecular weight excluding hydrogens is 195 g/mol. The highest BCUT2D eigenvalue weighted by molar-refractivity contribution is 4.93. The molecule has 0 spiro atoms. The largest absolute Gasteiger partial charge is 0.402 e. The summed E-state index contributed by atoms with van der Waals surface area (Å²) in [6.45, 7) is -0.354. The van der Waals surface area contributed by atoms with Gasteiger partial charge >= 0.3 is 6.18 Å². The number of aliphatic hydroxyl groups is 1. The van der Waals surface area contributed by atoms with Gasteiger partial charge in [0, 0.05) is 6.42 Å². The Kier molecular flexibility index (Phi) is 3.30. The fraction of sp³-hybridized carbons (Fsp3) is 1.00. The average Bonchev–Trinajstić information content (AvgIpc) is 2.00. The molecule has 0 aromatic heterocycles. The highest BCUT2D eigenvalue weighted by atomic mass is 19.4. The standard InChI is InChI=1S/C7H11F5O/c1-3-6(8,9)5(2,4-13)7(10,11)12/h13H,3-4H2,1-2H3. The number of rotatable bonds is 3. The molecule has 0 fully saturated rings. The Labute approximate surface area is 72.6 Å². The highest BCUT2D eigenvalue weighted by Gasteiger charge is 2.64.